The summed E-state index contributed by atoms with van der Waals surface area (Å²) in [4.78, 5) is 0. The Morgan fingerprint density at radius 3 is 3.00 bits per heavy atom. The van der Waals surface area contributed by atoms with Crippen LogP contribution in [0.4, 0.5) is 5.69 Å². The third-order valence-electron chi connectivity index (χ3n) is 3.42. The van der Waals surface area contributed by atoms with Gasteiger partial charge in [0.05, 0.1) is 12.2 Å². The molecule has 17 heavy (non-hydrogen) atoms. The van der Waals surface area contributed by atoms with E-state index in [1.807, 2.05) is 6.07 Å². The molecule has 0 bridgehead atoms. The Hall–Kier alpha value is -1.77. The van der Waals surface area contributed by atoms with Crippen LogP contribution in [-0.4, -0.2) is 10.2 Å². The van der Waals surface area contributed by atoms with E-state index < -0.39 is 0 Å². The minimum atomic E-state index is 0.816. The average Bonchev–Trinajstić information content (AvgIpc) is 2.89. The van der Waals surface area contributed by atoms with Gasteiger partial charge in [-0.05, 0) is 48.9 Å². The number of hydrogen-bond acceptors (Lipinski definition) is 2. The Bertz CT molecular complexity index is 488. The quantitative estimate of drug-likeness (QED) is 0.846. The van der Waals surface area contributed by atoms with E-state index in [1.165, 1.54) is 42.5 Å². The van der Waals surface area contributed by atoms with E-state index in [0.717, 1.165) is 12.2 Å². The van der Waals surface area contributed by atoms with E-state index in [-0.39, 0.29) is 0 Å². The normalized spacial score (nSPS) is 14.4. The van der Waals surface area contributed by atoms with Crippen molar-refractivity contribution in [2.75, 3.05) is 5.32 Å². The van der Waals surface area contributed by atoms with Crippen molar-refractivity contribution in [1.82, 2.24) is 10.2 Å². The zero-order valence-electron chi connectivity index (χ0n) is 9.87. The molecule has 0 fully saturated rings. The Kier molecular flexibility index (Phi) is 2.82. The molecule has 1 aromatic carbocycles. The van der Waals surface area contributed by atoms with Gasteiger partial charge in [-0.2, -0.15) is 5.10 Å². The molecule has 0 amide bonds. The minimum absolute atomic E-state index is 0.816. The fourth-order valence-electron chi connectivity index (χ4n) is 2.52. The topological polar surface area (TPSA) is 40.7 Å². The molecular formula is C14H17N3. The van der Waals surface area contributed by atoms with Crippen molar-refractivity contribution >= 4 is 5.69 Å². The third-order valence-corrected chi connectivity index (χ3v) is 3.42. The smallest absolute Gasteiger partial charge is 0.0567 e. The number of nitrogens with zero attached hydrogens (tertiary/aromatic N) is 1. The maximum Gasteiger partial charge on any atom is 0.0567 e. The van der Waals surface area contributed by atoms with Crippen LogP contribution in [-0.2, 0) is 19.4 Å². The fourth-order valence-corrected chi connectivity index (χ4v) is 2.52. The molecule has 1 heterocycles. The summed E-state index contributed by atoms with van der Waals surface area (Å²) in [6.45, 7) is 0.816. The van der Waals surface area contributed by atoms with E-state index in [9.17, 15) is 0 Å². The molecule has 1 aliphatic rings. The number of benzene rings is 1. The summed E-state index contributed by atoms with van der Waals surface area (Å²) < 4.78 is 0. The van der Waals surface area contributed by atoms with Crippen molar-refractivity contribution in [2.24, 2.45) is 0 Å². The number of anilines is 1. The van der Waals surface area contributed by atoms with E-state index >= 15 is 0 Å². The summed E-state index contributed by atoms with van der Waals surface area (Å²) >= 11 is 0. The third kappa shape index (κ3) is 2.18. The summed E-state index contributed by atoms with van der Waals surface area (Å²) in [5.41, 5.74) is 5.44. The van der Waals surface area contributed by atoms with Gasteiger partial charge in [0, 0.05) is 11.9 Å². The molecule has 0 aliphatic heterocycles. The molecule has 0 unspecified atom stereocenters. The molecule has 88 valence electrons. The molecule has 2 N–H and O–H groups in total. The second-order valence-corrected chi connectivity index (χ2v) is 4.59. The highest BCUT2D eigenvalue weighted by molar-refractivity contribution is 5.55. The first-order valence-corrected chi connectivity index (χ1v) is 6.26. The maximum atomic E-state index is 3.96. The summed E-state index contributed by atoms with van der Waals surface area (Å²) in [5.74, 6) is 0. The molecular weight excluding hydrogens is 210 g/mol. The number of aromatic nitrogens is 2. The molecule has 1 aromatic heterocycles. The van der Waals surface area contributed by atoms with Crippen LogP contribution in [0.1, 0.15) is 29.7 Å². The standard InChI is InChI=1S/C14H17N3/c1-2-6-13-11(4-1)5-3-7-14(13)15-10-12-8-9-16-17-12/h3,5,7-9,15H,1-2,4,6,10H2,(H,16,17). The van der Waals surface area contributed by atoms with Crippen LogP contribution in [0, 0.1) is 0 Å². The second kappa shape index (κ2) is 4.62. The molecule has 2 aromatic rings. The van der Waals surface area contributed by atoms with Crippen molar-refractivity contribution in [2.45, 2.75) is 32.2 Å². The van der Waals surface area contributed by atoms with Gasteiger partial charge in [-0.1, -0.05) is 12.1 Å². The minimum Gasteiger partial charge on any atom is -0.379 e. The van der Waals surface area contributed by atoms with Gasteiger partial charge in [-0.3, -0.25) is 5.10 Å². The van der Waals surface area contributed by atoms with Gasteiger partial charge in [0.15, 0.2) is 0 Å². The Morgan fingerprint density at radius 1 is 1.18 bits per heavy atom. The summed E-state index contributed by atoms with van der Waals surface area (Å²) in [7, 11) is 0. The molecule has 1 aliphatic carbocycles. The summed E-state index contributed by atoms with van der Waals surface area (Å²) in [6, 6.07) is 8.60. The maximum absolute atomic E-state index is 3.96. The van der Waals surface area contributed by atoms with Crippen molar-refractivity contribution in [1.29, 1.82) is 0 Å². The predicted octanol–water partition coefficient (Wildman–Crippen LogP) is 2.90. The second-order valence-electron chi connectivity index (χ2n) is 4.59. The first kappa shape index (κ1) is 10.4. The van der Waals surface area contributed by atoms with Crippen LogP contribution >= 0.6 is 0 Å². The van der Waals surface area contributed by atoms with Crippen molar-refractivity contribution in [3.63, 3.8) is 0 Å². The first-order valence-electron chi connectivity index (χ1n) is 6.26. The van der Waals surface area contributed by atoms with E-state index in [4.69, 9.17) is 0 Å². The molecule has 3 nitrogen and oxygen atoms in total. The lowest BCUT2D eigenvalue weighted by molar-refractivity contribution is 0.686. The van der Waals surface area contributed by atoms with Gasteiger partial charge in [-0.15, -0.1) is 0 Å². The van der Waals surface area contributed by atoms with Crippen LogP contribution < -0.4 is 5.32 Å². The Morgan fingerprint density at radius 2 is 2.12 bits per heavy atom. The molecule has 0 atom stereocenters. The molecule has 0 saturated heterocycles. The van der Waals surface area contributed by atoms with Gasteiger partial charge >= 0.3 is 0 Å². The van der Waals surface area contributed by atoms with Crippen LogP contribution in [0.3, 0.4) is 0 Å². The van der Waals surface area contributed by atoms with Crippen molar-refractivity contribution in [3.8, 4) is 0 Å². The lowest BCUT2D eigenvalue weighted by Gasteiger charge is -2.19. The lowest BCUT2D eigenvalue weighted by atomic mass is 9.90. The highest BCUT2D eigenvalue weighted by Crippen LogP contribution is 2.27. The lowest BCUT2D eigenvalue weighted by Crippen LogP contribution is -2.08. The molecule has 3 rings (SSSR count). The highest BCUT2D eigenvalue weighted by Gasteiger charge is 2.12. The fraction of sp³-hybridized carbons (Fsp3) is 0.357. The first-order chi connectivity index (χ1) is 8.43. The highest BCUT2D eigenvalue weighted by atomic mass is 15.1. The Balaban J connectivity index is 1.78. The van der Waals surface area contributed by atoms with Crippen LogP contribution in [0.5, 0.6) is 0 Å². The molecule has 0 saturated carbocycles. The number of fused-ring (bicyclic) bond motifs is 1. The van der Waals surface area contributed by atoms with Crippen LogP contribution in [0.2, 0.25) is 0 Å². The van der Waals surface area contributed by atoms with Crippen molar-refractivity contribution in [3.05, 3.63) is 47.3 Å². The summed E-state index contributed by atoms with van der Waals surface area (Å²) in [6.07, 6.45) is 6.88. The number of hydrogen-bond donors (Lipinski definition) is 2. The number of H-pyrrole nitrogens is 1. The van der Waals surface area contributed by atoms with Gasteiger partial charge in [0.1, 0.15) is 0 Å². The van der Waals surface area contributed by atoms with Crippen molar-refractivity contribution < 1.29 is 0 Å². The monoisotopic (exact) mass is 227 g/mol. The van der Waals surface area contributed by atoms with E-state index in [1.54, 1.807) is 6.20 Å². The van der Waals surface area contributed by atoms with E-state index in [2.05, 4.69) is 33.7 Å². The van der Waals surface area contributed by atoms with Gasteiger partial charge < -0.3 is 5.32 Å². The number of aromatic amines is 1. The van der Waals surface area contributed by atoms with Crippen LogP contribution in [0.25, 0.3) is 0 Å². The van der Waals surface area contributed by atoms with Gasteiger partial charge in [0.2, 0.25) is 0 Å². The molecule has 0 radical (unpaired) electrons. The average molecular weight is 227 g/mol. The zero-order chi connectivity index (χ0) is 11.5. The van der Waals surface area contributed by atoms with Crippen LogP contribution in [0.15, 0.2) is 30.5 Å². The molecule has 0 spiro atoms. The molecule has 3 heteroatoms. The van der Waals surface area contributed by atoms with Gasteiger partial charge in [0.25, 0.3) is 0 Å². The predicted molar refractivity (Wildman–Crippen MR) is 69.0 cm³/mol. The number of nitrogens with one attached hydrogen (secondary N) is 2. The number of rotatable bonds is 3. The SMILES string of the molecule is c1cc2c(c(NCc3ccn[nH]3)c1)CCCC2. The Labute approximate surface area is 101 Å². The van der Waals surface area contributed by atoms with E-state index in [0.29, 0.717) is 0 Å². The zero-order valence-corrected chi connectivity index (χ0v) is 9.87. The number of aryl methyl sites for hydroxylation is 1. The van der Waals surface area contributed by atoms with Gasteiger partial charge in [-0.25, -0.2) is 0 Å². The summed E-state index contributed by atoms with van der Waals surface area (Å²) in [5, 5.41) is 10.4. The largest absolute Gasteiger partial charge is 0.379 e.